The van der Waals surface area contributed by atoms with Crippen LogP contribution in [0.2, 0.25) is 0 Å². The van der Waals surface area contributed by atoms with Crippen molar-refractivity contribution in [2.24, 2.45) is 0 Å². The van der Waals surface area contributed by atoms with E-state index in [1.807, 2.05) is 0 Å². The Labute approximate surface area is 157 Å². The molecule has 0 spiro atoms. The molecule has 1 aliphatic carbocycles. The summed E-state index contributed by atoms with van der Waals surface area (Å²) < 4.78 is 17.2. The molecule has 3 aliphatic rings. The SMILES string of the molecule is CC(=O)OCC1=C2CC/C(C)=C/CC[C@@]3(C)O[C@@H]3CC/C(C)=C/[C@H]2OC1. The molecule has 4 heteroatoms. The first kappa shape index (κ1) is 19.4. The average Bonchev–Trinajstić information content (AvgIpc) is 3.06. The molecule has 0 aromatic carbocycles. The molecule has 4 nitrogen and oxygen atoms in total. The summed E-state index contributed by atoms with van der Waals surface area (Å²) in [6, 6.07) is 0. The second-order valence-corrected chi connectivity index (χ2v) is 8.20. The fourth-order valence-electron chi connectivity index (χ4n) is 3.99. The minimum atomic E-state index is -0.238. The van der Waals surface area contributed by atoms with Crippen LogP contribution in [0.3, 0.4) is 0 Å². The maximum Gasteiger partial charge on any atom is 0.302 e. The monoisotopic (exact) mass is 360 g/mol. The van der Waals surface area contributed by atoms with Crippen LogP contribution < -0.4 is 0 Å². The summed E-state index contributed by atoms with van der Waals surface area (Å²) in [5.41, 5.74) is 5.26. The highest BCUT2D eigenvalue weighted by Crippen LogP contribution is 2.44. The normalized spacial score (nSPS) is 36.8. The van der Waals surface area contributed by atoms with Crippen LogP contribution in [0.4, 0.5) is 0 Å². The molecule has 26 heavy (non-hydrogen) atoms. The number of carbonyl (C=O) groups excluding carboxylic acids is 1. The van der Waals surface area contributed by atoms with Gasteiger partial charge in [0, 0.05) is 6.92 Å². The third-order valence-electron chi connectivity index (χ3n) is 5.88. The number of esters is 1. The van der Waals surface area contributed by atoms with E-state index in [0.717, 1.165) is 44.1 Å². The molecular weight excluding hydrogens is 328 g/mol. The highest BCUT2D eigenvalue weighted by molar-refractivity contribution is 5.66. The number of carbonyl (C=O) groups is 1. The summed E-state index contributed by atoms with van der Waals surface area (Å²) >= 11 is 0. The molecule has 3 rings (SSSR count). The Bertz CT molecular complexity index is 643. The van der Waals surface area contributed by atoms with Crippen LogP contribution in [-0.4, -0.2) is 37.0 Å². The van der Waals surface area contributed by atoms with Crippen LogP contribution in [0, 0.1) is 0 Å². The number of hydrogen-bond donors (Lipinski definition) is 0. The number of ether oxygens (including phenoxy) is 3. The van der Waals surface area contributed by atoms with Crippen molar-refractivity contribution >= 4 is 5.97 Å². The minimum Gasteiger partial charge on any atom is -0.461 e. The highest BCUT2D eigenvalue weighted by Gasteiger charge is 2.50. The molecule has 3 atom stereocenters. The van der Waals surface area contributed by atoms with Crippen LogP contribution in [0.25, 0.3) is 0 Å². The molecule has 0 aromatic heterocycles. The lowest BCUT2D eigenvalue weighted by molar-refractivity contribution is -0.140. The van der Waals surface area contributed by atoms with Gasteiger partial charge in [-0.2, -0.15) is 0 Å². The molecule has 0 unspecified atom stereocenters. The lowest BCUT2D eigenvalue weighted by atomic mass is 9.92. The predicted molar refractivity (Wildman–Crippen MR) is 102 cm³/mol. The van der Waals surface area contributed by atoms with E-state index in [9.17, 15) is 4.79 Å². The van der Waals surface area contributed by atoms with E-state index in [0.29, 0.717) is 19.3 Å². The quantitative estimate of drug-likeness (QED) is 0.409. The van der Waals surface area contributed by atoms with Crippen molar-refractivity contribution in [1.82, 2.24) is 0 Å². The van der Waals surface area contributed by atoms with Gasteiger partial charge in [0.05, 0.1) is 24.4 Å². The number of epoxide rings is 1. The summed E-state index contributed by atoms with van der Waals surface area (Å²) in [6.07, 6.45) is 11.3. The summed E-state index contributed by atoms with van der Waals surface area (Å²) in [4.78, 5) is 11.2. The van der Waals surface area contributed by atoms with E-state index in [-0.39, 0.29) is 17.7 Å². The van der Waals surface area contributed by atoms with Crippen LogP contribution >= 0.6 is 0 Å². The van der Waals surface area contributed by atoms with Crippen molar-refractivity contribution in [3.05, 3.63) is 34.4 Å². The van der Waals surface area contributed by atoms with Crippen LogP contribution in [-0.2, 0) is 19.0 Å². The predicted octanol–water partition coefficient (Wildman–Crippen LogP) is 4.65. The average molecular weight is 360 g/mol. The Morgan fingerprint density at radius 3 is 2.85 bits per heavy atom. The lowest BCUT2D eigenvalue weighted by Crippen LogP contribution is -2.11. The molecular formula is C22H32O4. The van der Waals surface area contributed by atoms with Crippen LogP contribution in [0.1, 0.15) is 66.2 Å². The fourth-order valence-corrected chi connectivity index (χ4v) is 3.99. The topological polar surface area (TPSA) is 48.1 Å². The lowest BCUT2D eigenvalue weighted by Gasteiger charge is -2.14. The molecule has 0 aromatic rings. The van der Waals surface area contributed by atoms with Gasteiger partial charge in [0.2, 0.25) is 0 Å². The third kappa shape index (κ3) is 4.86. The van der Waals surface area contributed by atoms with Crippen molar-refractivity contribution in [3.8, 4) is 0 Å². The van der Waals surface area contributed by atoms with Gasteiger partial charge >= 0.3 is 5.97 Å². The van der Waals surface area contributed by atoms with Crippen molar-refractivity contribution in [3.63, 3.8) is 0 Å². The van der Waals surface area contributed by atoms with Crippen LogP contribution in [0.15, 0.2) is 34.4 Å². The van der Waals surface area contributed by atoms with Crippen LogP contribution in [0.5, 0.6) is 0 Å². The van der Waals surface area contributed by atoms with Gasteiger partial charge in [-0.05, 0) is 70.4 Å². The maximum absolute atomic E-state index is 11.2. The molecule has 0 saturated carbocycles. The fraction of sp³-hybridized carbons (Fsp3) is 0.682. The first-order valence-electron chi connectivity index (χ1n) is 9.84. The van der Waals surface area contributed by atoms with Gasteiger partial charge < -0.3 is 14.2 Å². The molecule has 1 fully saturated rings. The number of allylic oxidation sites excluding steroid dienone is 3. The zero-order valence-electron chi connectivity index (χ0n) is 16.6. The zero-order valence-corrected chi connectivity index (χ0v) is 16.6. The number of hydrogen-bond acceptors (Lipinski definition) is 4. The summed E-state index contributed by atoms with van der Waals surface area (Å²) in [7, 11) is 0. The summed E-state index contributed by atoms with van der Waals surface area (Å²) in [5, 5.41) is 0. The second kappa shape index (κ2) is 8.10. The van der Waals surface area contributed by atoms with Gasteiger partial charge in [0.25, 0.3) is 0 Å². The Hall–Kier alpha value is -1.39. The first-order valence-corrected chi connectivity index (χ1v) is 9.84. The van der Waals surface area contributed by atoms with E-state index in [1.165, 1.54) is 23.6 Å². The molecule has 0 radical (unpaired) electrons. The Morgan fingerprint density at radius 1 is 1.27 bits per heavy atom. The molecule has 2 aliphatic heterocycles. The molecule has 2 heterocycles. The summed E-state index contributed by atoms with van der Waals surface area (Å²) in [5.74, 6) is -0.238. The Morgan fingerprint density at radius 2 is 2.08 bits per heavy atom. The van der Waals surface area contributed by atoms with Crippen molar-refractivity contribution < 1.29 is 19.0 Å². The van der Waals surface area contributed by atoms with Crippen molar-refractivity contribution in [1.29, 1.82) is 0 Å². The summed E-state index contributed by atoms with van der Waals surface area (Å²) in [6.45, 7) is 9.00. The third-order valence-corrected chi connectivity index (χ3v) is 5.88. The first-order chi connectivity index (χ1) is 12.4. The zero-order chi connectivity index (χ0) is 18.7. The smallest absolute Gasteiger partial charge is 0.302 e. The largest absolute Gasteiger partial charge is 0.461 e. The van der Waals surface area contributed by atoms with Gasteiger partial charge in [-0.25, -0.2) is 0 Å². The molecule has 0 amide bonds. The van der Waals surface area contributed by atoms with E-state index in [4.69, 9.17) is 14.2 Å². The second-order valence-electron chi connectivity index (χ2n) is 8.20. The van der Waals surface area contributed by atoms with E-state index in [1.54, 1.807) is 0 Å². The molecule has 144 valence electrons. The highest BCUT2D eigenvalue weighted by atomic mass is 16.6. The van der Waals surface area contributed by atoms with E-state index < -0.39 is 0 Å². The molecule has 1 saturated heterocycles. The molecule has 0 N–H and O–H groups in total. The maximum atomic E-state index is 11.2. The standard InChI is InChI=1S/C22H32O4/c1-15-6-5-11-22(4)21(26-22)10-8-16(2)12-20-19(9-7-15)18(14-25-20)13-24-17(3)23/h6,12,20-21H,5,7-11,13-14H2,1-4H3/b15-6+,16-12+/t20-,21-,22-/m1/s1. The minimum absolute atomic E-state index is 0.0165. The van der Waals surface area contributed by atoms with Gasteiger partial charge in [-0.3, -0.25) is 4.79 Å². The Kier molecular flexibility index (Phi) is 6.03. The van der Waals surface area contributed by atoms with Crippen molar-refractivity contribution in [2.75, 3.05) is 13.2 Å². The number of fused-ring (bicyclic) bond motifs is 2. The van der Waals surface area contributed by atoms with E-state index in [2.05, 4.69) is 32.9 Å². The number of rotatable bonds is 2. The molecule has 0 bridgehead atoms. The van der Waals surface area contributed by atoms with Gasteiger partial charge in [0.1, 0.15) is 6.61 Å². The van der Waals surface area contributed by atoms with Gasteiger partial charge in [0.15, 0.2) is 0 Å². The Balaban J connectivity index is 1.77. The van der Waals surface area contributed by atoms with Crippen molar-refractivity contribution in [2.45, 2.75) is 84.0 Å². The van der Waals surface area contributed by atoms with E-state index >= 15 is 0 Å². The van der Waals surface area contributed by atoms with Gasteiger partial charge in [-0.15, -0.1) is 0 Å². The van der Waals surface area contributed by atoms with Gasteiger partial charge in [-0.1, -0.05) is 23.3 Å².